The highest BCUT2D eigenvalue weighted by Crippen LogP contribution is 2.34. The van der Waals surface area contributed by atoms with Crippen LogP contribution >= 0.6 is 23.2 Å². The number of carbonyl (C=O) groups is 1. The van der Waals surface area contributed by atoms with Crippen LogP contribution in [0.1, 0.15) is 40.7 Å². The zero-order valence-electron chi connectivity index (χ0n) is 15.1. The predicted molar refractivity (Wildman–Crippen MR) is 105 cm³/mol. The molecule has 1 aliphatic heterocycles. The van der Waals surface area contributed by atoms with Crippen molar-refractivity contribution in [1.29, 1.82) is 0 Å². The van der Waals surface area contributed by atoms with E-state index in [1.165, 1.54) is 0 Å². The summed E-state index contributed by atoms with van der Waals surface area (Å²) in [5, 5.41) is 18.0. The van der Waals surface area contributed by atoms with Gasteiger partial charge in [0.25, 0.3) is 0 Å². The maximum atomic E-state index is 11.3. The highest BCUT2D eigenvalue weighted by molar-refractivity contribution is 6.42. The van der Waals surface area contributed by atoms with Gasteiger partial charge in [0.05, 0.1) is 28.5 Å². The van der Waals surface area contributed by atoms with Gasteiger partial charge in [-0.15, -0.1) is 0 Å². The summed E-state index contributed by atoms with van der Waals surface area (Å²) in [6.07, 6.45) is 1.60. The van der Waals surface area contributed by atoms with E-state index in [2.05, 4.69) is 10.4 Å². The molecule has 0 aliphatic carbocycles. The fourth-order valence-corrected chi connectivity index (χ4v) is 3.80. The molecule has 2 aromatic rings. The predicted octanol–water partition coefficient (Wildman–Crippen LogP) is 3.95. The molecule has 1 aromatic carbocycles. The Morgan fingerprint density at radius 3 is 2.93 bits per heavy atom. The number of nitrogens with zero attached hydrogens (tertiary/aromatic N) is 2. The Morgan fingerprint density at radius 1 is 1.37 bits per heavy atom. The number of ether oxygens (including phenoxy) is 1. The lowest BCUT2D eigenvalue weighted by molar-refractivity contribution is 0.0270. The molecule has 0 saturated carbocycles. The van der Waals surface area contributed by atoms with Crippen molar-refractivity contribution in [3.8, 4) is 0 Å². The molecule has 0 bridgehead atoms. The molecule has 27 heavy (non-hydrogen) atoms. The van der Waals surface area contributed by atoms with Gasteiger partial charge in [0, 0.05) is 25.6 Å². The van der Waals surface area contributed by atoms with Crippen LogP contribution in [0, 0.1) is 12.8 Å². The summed E-state index contributed by atoms with van der Waals surface area (Å²) >= 11 is 12.2. The molecule has 146 valence electrons. The van der Waals surface area contributed by atoms with Crippen molar-refractivity contribution in [3.63, 3.8) is 0 Å². The van der Waals surface area contributed by atoms with Crippen LogP contribution in [0.4, 0.5) is 0 Å². The second kappa shape index (κ2) is 9.06. The zero-order chi connectivity index (χ0) is 19.4. The van der Waals surface area contributed by atoms with E-state index in [1.807, 2.05) is 12.1 Å². The molecule has 0 spiro atoms. The third-order valence-electron chi connectivity index (χ3n) is 4.75. The summed E-state index contributed by atoms with van der Waals surface area (Å²) in [6, 6.07) is 7.21. The summed E-state index contributed by atoms with van der Waals surface area (Å²) < 4.78 is 7.65. The third kappa shape index (κ3) is 5.02. The van der Waals surface area contributed by atoms with Crippen molar-refractivity contribution < 1.29 is 14.6 Å². The smallest absolute Gasteiger partial charge is 0.354 e. The summed E-state index contributed by atoms with van der Waals surface area (Å²) in [7, 11) is 0. The molecule has 2 heterocycles. The number of aromatic carboxylic acids is 1. The van der Waals surface area contributed by atoms with Gasteiger partial charge in [0.2, 0.25) is 0 Å². The van der Waals surface area contributed by atoms with Crippen LogP contribution < -0.4 is 5.32 Å². The summed E-state index contributed by atoms with van der Waals surface area (Å²) in [4.78, 5) is 11.3. The normalized spacial score (nSPS) is 20.4. The molecule has 1 aromatic heterocycles. The van der Waals surface area contributed by atoms with Gasteiger partial charge < -0.3 is 15.2 Å². The maximum Gasteiger partial charge on any atom is 0.354 e. The van der Waals surface area contributed by atoms with Crippen LogP contribution in [-0.2, 0) is 11.3 Å². The fraction of sp³-hybridized carbons (Fsp3) is 0.474. The van der Waals surface area contributed by atoms with Gasteiger partial charge >= 0.3 is 5.97 Å². The number of aryl methyl sites for hydroxylation is 2. The van der Waals surface area contributed by atoms with Crippen LogP contribution in [-0.4, -0.2) is 40.6 Å². The van der Waals surface area contributed by atoms with Crippen molar-refractivity contribution in [1.82, 2.24) is 15.1 Å². The van der Waals surface area contributed by atoms with E-state index in [9.17, 15) is 9.90 Å². The van der Waals surface area contributed by atoms with Gasteiger partial charge in [0.15, 0.2) is 0 Å². The minimum absolute atomic E-state index is 0.0759. The molecule has 2 N–H and O–H groups in total. The lowest BCUT2D eigenvalue weighted by Gasteiger charge is -2.25. The Labute approximate surface area is 168 Å². The number of hydrogen-bond donors (Lipinski definition) is 2. The standard InChI is InChI=1S/C19H23Cl2N3O3/c1-12-9-17(19(25)26)24(23-12)7-2-3-14-11-22-6-8-27-18(14)13-4-5-15(20)16(21)10-13/h4-5,9-10,14,18,22H,2-3,6-8,11H2,1H3,(H,25,26). The minimum atomic E-state index is -0.955. The molecule has 0 amide bonds. The molecule has 2 atom stereocenters. The first-order valence-electron chi connectivity index (χ1n) is 9.00. The average Bonchev–Trinajstić information content (AvgIpc) is 2.85. The number of carboxylic acid groups (broad SMARTS) is 1. The number of rotatable bonds is 6. The van der Waals surface area contributed by atoms with E-state index in [4.69, 9.17) is 27.9 Å². The Bertz CT molecular complexity index is 809. The van der Waals surface area contributed by atoms with E-state index in [1.54, 1.807) is 23.7 Å². The number of halogens is 2. The van der Waals surface area contributed by atoms with Crippen LogP contribution in [0.2, 0.25) is 10.0 Å². The largest absolute Gasteiger partial charge is 0.477 e. The first kappa shape index (κ1) is 20.1. The van der Waals surface area contributed by atoms with Gasteiger partial charge in [-0.2, -0.15) is 5.10 Å². The van der Waals surface area contributed by atoms with Crippen molar-refractivity contribution in [3.05, 3.63) is 51.3 Å². The first-order valence-corrected chi connectivity index (χ1v) is 9.76. The van der Waals surface area contributed by atoms with Gasteiger partial charge in [-0.05, 0) is 43.5 Å². The molecule has 1 fully saturated rings. The van der Waals surface area contributed by atoms with E-state index < -0.39 is 5.97 Å². The number of benzene rings is 1. The number of carboxylic acids is 1. The van der Waals surface area contributed by atoms with Gasteiger partial charge in [0.1, 0.15) is 5.69 Å². The second-order valence-electron chi connectivity index (χ2n) is 6.77. The quantitative estimate of drug-likeness (QED) is 0.752. The highest BCUT2D eigenvalue weighted by atomic mass is 35.5. The SMILES string of the molecule is Cc1cc(C(=O)O)n(CCCC2CNCCOC2c2ccc(Cl)c(Cl)c2)n1. The Kier molecular flexibility index (Phi) is 6.76. The van der Waals surface area contributed by atoms with E-state index in [-0.39, 0.29) is 17.7 Å². The molecule has 3 rings (SSSR count). The van der Waals surface area contributed by atoms with Gasteiger partial charge in [-0.3, -0.25) is 4.68 Å². The highest BCUT2D eigenvalue weighted by Gasteiger charge is 2.26. The van der Waals surface area contributed by atoms with Crippen molar-refractivity contribution >= 4 is 29.2 Å². The molecule has 6 nitrogen and oxygen atoms in total. The molecule has 2 unspecified atom stereocenters. The van der Waals surface area contributed by atoms with Gasteiger partial charge in [-0.1, -0.05) is 29.3 Å². The monoisotopic (exact) mass is 411 g/mol. The summed E-state index contributed by atoms with van der Waals surface area (Å²) in [6.45, 7) is 4.61. The molecular formula is C19H23Cl2N3O3. The zero-order valence-corrected chi connectivity index (χ0v) is 16.6. The Hall–Kier alpha value is -1.60. The topological polar surface area (TPSA) is 76.4 Å². The molecule has 1 aliphatic rings. The Morgan fingerprint density at radius 2 is 2.19 bits per heavy atom. The van der Waals surface area contributed by atoms with Crippen molar-refractivity contribution in [2.75, 3.05) is 19.7 Å². The number of hydrogen-bond acceptors (Lipinski definition) is 4. The summed E-state index contributed by atoms with van der Waals surface area (Å²) in [5.41, 5.74) is 1.95. The van der Waals surface area contributed by atoms with E-state index in [0.717, 1.165) is 31.5 Å². The third-order valence-corrected chi connectivity index (χ3v) is 5.49. The minimum Gasteiger partial charge on any atom is -0.477 e. The second-order valence-corrected chi connectivity index (χ2v) is 7.59. The van der Waals surface area contributed by atoms with Crippen LogP contribution in [0.3, 0.4) is 0 Å². The fourth-order valence-electron chi connectivity index (χ4n) is 3.49. The van der Waals surface area contributed by atoms with Crippen molar-refractivity contribution in [2.24, 2.45) is 5.92 Å². The lowest BCUT2D eigenvalue weighted by atomic mass is 9.91. The average molecular weight is 412 g/mol. The molecule has 0 radical (unpaired) electrons. The van der Waals surface area contributed by atoms with Gasteiger partial charge in [-0.25, -0.2) is 4.79 Å². The van der Waals surface area contributed by atoms with Crippen molar-refractivity contribution in [2.45, 2.75) is 32.4 Å². The first-order chi connectivity index (χ1) is 13.0. The molecular weight excluding hydrogens is 389 g/mol. The maximum absolute atomic E-state index is 11.3. The lowest BCUT2D eigenvalue weighted by Crippen LogP contribution is -2.25. The number of nitrogens with one attached hydrogen (secondary N) is 1. The van der Waals surface area contributed by atoms with Crippen LogP contribution in [0.5, 0.6) is 0 Å². The summed E-state index contributed by atoms with van der Waals surface area (Å²) in [5.74, 6) is -0.710. The van der Waals surface area contributed by atoms with Crippen LogP contribution in [0.25, 0.3) is 0 Å². The van der Waals surface area contributed by atoms with E-state index in [0.29, 0.717) is 28.9 Å². The molecule has 1 saturated heterocycles. The van der Waals surface area contributed by atoms with Crippen LogP contribution in [0.15, 0.2) is 24.3 Å². The van der Waals surface area contributed by atoms with E-state index >= 15 is 0 Å². The molecule has 8 heteroatoms. The number of aromatic nitrogens is 2. The Balaban J connectivity index is 1.69.